The maximum Gasteiger partial charge on any atom is 0.404 e. The van der Waals surface area contributed by atoms with Crippen LogP contribution >= 0.6 is 0 Å². The van der Waals surface area contributed by atoms with Crippen LogP contribution in [0.5, 0.6) is 0 Å². The van der Waals surface area contributed by atoms with Gasteiger partial charge >= 0.3 is 6.18 Å². The zero-order valence-corrected chi connectivity index (χ0v) is 10.3. The number of nitrogens with zero attached hydrogens (tertiary/aromatic N) is 2. The highest BCUT2D eigenvalue weighted by Crippen LogP contribution is 2.26. The first-order chi connectivity index (χ1) is 8.45. The molecule has 0 saturated heterocycles. The van der Waals surface area contributed by atoms with E-state index in [4.69, 9.17) is 5.73 Å². The van der Waals surface area contributed by atoms with E-state index >= 15 is 0 Å². The van der Waals surface area contributed by atoms with E-state index in [9.17, 15) is 13.2 Å². The van der Waals surface area contributed by atoms with Gasteiger partial charge in [0.15, 0.2) is 0 Å². The molecule has 1 aromatic heterocycles. The minimum atomic E-state index is -4.24. The normalized spacial score (nSPS) is 13.9. The predicted molar refractivity (Wildman–Crippen MR) is 64.1 cm³/mol. The van der Waals surface area contributed by atoms with Crippen molar-refractivity contribution in [3.8, 4) is 0 Å². The zero-order chi connectivity index (χ0) is 13.6. The number of aromatic nitrogens is 1. The van der Waals surface area contributed by atoms with Crippen molar-refractivity contribution in [3.05, 3.63) is 30.1 Å². The van der Waals surface area contributed by atoms with Crippen LogP contribution in [-0.2, 0) is 6.42 Å². The molecule has 1 heterocycles. The van der Waals surface area contributed by atoms with Crippen molar-refractivity contribution in [3.63, 3.8) is 0 Å². The summed E-state index contributed by atoms with van der Waals surface area (Å²) in [5.74, 6) is 0. The fraction of sp³-hybridized carbons (Fsp3) is 0.583. The standard InChI is InChI=1S/C12H18F3N3/c1-18(11(5-7-16)12(13,14)15)9-6-10-4-2-3-8-17-10/h2-4,8,11H,5-7,9,16H2,1H3. The third-order valence-electron chi connectivity index (χ3n) is 2.80. The second kappa shape index (κ2) is 6.70. The summed E-state index contributed by atoms with van der Waals surface area (Å²) in [6, 6.07) is 3.93. The lowest BCUT2D eigenvalue weighted by Crippen LogP contribution is -2.45. The van der Waals surface area contributed by atoms with Crippen LogP contribution in [0.3, 0.4) is 0 Å². The third-order valence-corrected chi connectivity index (χ3v) is 2.80. The SMILES string of the molecule is CN(CCc1ccccn1)C(CCN)C(F)(F)F. The van der Waals surface area contributed by atoms with Crippen molar-refractivity contribution in [2.45, 2.75) is 25.1 Å². The van der Waals surface area contributed by atoms with Crippen LogP contribution < -0.4 is 5.73 Å². The predicted octanol–water partition coefficient (Wildman–Crippen LogP) is 1.84. The Balaban J connectivity index is 2.54. The van der Waals surface area contributed by atoms with E-state index in [1.165, 1.54) is 11.9 Å². The van der Waals surface area contributed by atoms with Gasteiger partial charge in [0.2, 0.25) is 0 Å². The topological polar surface area (TPSA) is 42.2 Å². The molecular formula is C12H18F3N3. The molecule has 3 nitrogen and oxygen atoms in total. The second-order valence-corrected chi connectivity index (χ2v) is 4.19. The fourth-order valence-electron chi connectivity index (χ4n) is 1.78. The molecule has 1 unspecified atom stereocenters. The van der Waals surface area contributed by atoms with Crippen molar-refractivity contribution in [1.29, 1.82) is 0 Å². The van der Waals surface area contributed by atoms with Crippen molar-refractivity contribution in [2.24, 2.45) is 5.73 Å². The lowest BCUT2D eigenvalue weighted by atomic mass is 10.1. The van der Waals surface area contributed by atoms with Crippen LogP contribution in [0.4, 0.5) is 13.2 Å². The summed E-state index contributed by atoms with van der Waals surface area (Å²) in [7, 11) is 1.47. The summed E-state index contributed by atoms with van der Waals surface area (Å²) in [5, 5.41) is 0. The number of alkyl halides is 3. The molecule has 102 valence electrons. The number of rotatable bonds is 6. The number of likely N-dealkylation sites (N-methyl/N-ethyl adjacent to an activating group) is 1. The van der Waals surface area contributed by atoms with Crippen molar-refractivity contribution in [1.82, 2.24) is 9.88 Å². The Bertz CT molecular complexity index is 340. The number of pyridine rings is 1. The molecule has 1 atom stereocenters. The van der Waals surface area contributed by atoms with E-state index in [1.54, 1.807) is 18.3 Å². The first-order valence-corrected chi connectivity index (χ1v) is 5.82. The molecule has 0 radical (unpaired) electrons. The average Bonchev–Trinajstić information content (AvgIpc) is 2.33. The third kappa shape index (κ3) is 4.62. The van der Waals surface area contributed by atoms with Crippen molar-refractivity contribution < 1.29 is 13.2 Å². The number of nitrogens with two attached hydrogens (primary N) is 1. The minimum Gasteiger partial charge on any atom is -0.330 e. The summed E-state index contributed by atoms with van der Waals surface area (Å²) in [6.07, 6.45) is -2.19. The van der Waals surface area contributed by atoms with Crippen LogP contribution in [0.2, 0.25) is 0 Å². The van der Waals surface area contributed by atoms with Gasteiger partial charge in [0.05, 0.1) is 0 Å². The largest absolute Gasteiger partial charge is 0.404 e. The molecule has 1 rings (SSSR count). The number of hydrogen-bond donors (Lipinski definition) is 1. The maximum absolute atomic E-state index is 12.8. The highest BCUT2D eigenvalue weighted by atomic mass is 19.4. The van der Waals surface area contributed by atoms with Gasteiger partial charge < -0.3 is 5.73 Å². The van der Waals surface area contributed by atoms with Crippen molar-refractivity contribution >= 4 is 0 Å². The Kier molecular flexibility index (Phi) is 5.55. The molecule has 2 N–H and O–H groups in total. The second-order valence-electron chi connectivity index (χ2n) is 4.19. The molecule has 0 aliphatic carbocycles. The average molecular weight is 261 g/mol. The van der Waals surface area contributed by atoms with Crippen LogP contribution in [0.1, 0.15) is 12.1 Å². The maximum atomic E-state index is 12.8. The molecule has 0 aliphatic heterocycles. The molecular weight excluding hydrogens is 243 g/mol. The minimum absolute atomic E-state index is 0.0259. The Labute approximate surface area is 105 Å². The van der Waals surface area contributed by atoms with Gasteiger partial charge in [-0.2, -0.15) is 13.2 Å². The Morgan fingerprint density at radius 3 is 2.61 bits per heavy atom. The van der Waals surface area contributed by atoms with Crippen molar-refractivity contribution in [2.75, 3.05) is 20.1 Å². The highest BCUT2D eigenvalue weighted by Gasteiger charge is 2.41. The van der Waals surface area contributed by atoms with E-state index < -0.39 is 12.2 Å². The summed E-state index contributed by atoms with van der Waals surface area (Å²) < 4.78 is 38.3. The molecule has 6 heteroatoms. The lowest BCUT2D eigenvalue weighted by molar-refractivity contribution is -0.181. The first kappa shape index (κ1) is 14.9. The smallest absolute Gasteiger partial charge is 0.330 e. The van der Waals surface area contributed by atoms with E-state index in [0.29, 0.717) is 13.0 Å². The Hall–Kier alpha value is -1.14. The molecule has 1 aromatic rings. The van der Waals surface area contributed by atoms with Crippen LogP contribution in [0.25, 0.3) is 0 Å². The molecule has 0 fully saturated rings. The van der Waals surface area contributed by atoms with E-state index in [0.717, 1.165) is 5.69 Å². The lowest BCUT2D eigenvalue weighted by Gasteiger charge is -2.29. The first-order valence-electron chi connectivity index (χ1n) is 5.82. The summed E-state index contributed by atoms with van der Waals surface area (Å²) in [4.78, 5) is 5.38. The van der Waals surface area contributed by atoms with Gasteiger partial charge in [-0.05, 0) is 32.1 Å². The van der Waals surface area contributed by atoms with E-state index in [1.807, 2.05) is 6.07 Å². The summed E-state index contributed by atoms with van der Waals surface area (Å²) in [5.41, 5.74) is 6.02. The van der Waals surface area contributed by atoms with Crippen LogP contribution in [0, 0.1) is 0 Å². The molecule has 0 amide bonds. The molecule has 0 spiro atoms. The quantitative estimate of drug-likeness (QED) is 0.849. The number of halogens is 3. The van der Waals surface area contributed by atoms with E-state index in [2.05, 4.69) is 4.98 Å². The van der Waals surface area contributed by atoms with Gasteiger partial charge in [-0.15, -0.1) is 0 Å². The van der Waals surface area contributed by atoms with Gasteiger partial charge in [0, 0.05) is 24.9 Å². The molecule has 18 heavy (non-hydrogen) atoms. The van der Waals surface area contributed by atoms with Gasteiger partial charge in [-0.25, -0.2) is 0 Å². The zero-order valence-electron chi connectivity index (χ0n) is 10.3. The van der Waals surface area contributed by atoms with Crippen LogP contribution in [-0.4, -0.2) is 42.2 Å². The Morgan fingerprint density at radius 2 is 2.11 bits per heavy atom. The number of hydrogen-bond acceptors (Lipinski definition) is 3. The molecule has 0 saturated carbocycles. The van der Waals surface area contributed by atoms with E-state index in [-0.39, 0.29) is 13.0 Å². The van der Waals surface area contributed by atoms with Gasteiger partial charge in [0.25, 0.3) is 0 Å². The summed E-state index contributed by atoms with van der Waals surface area (Å²) in [6.45, 7) is 0.333. The summed E-state index contributed by atoms with van der Waals surface area (Å²) >= 11 is 0. The monoisotopic (exact) mass is 261 g/mol. The molecule has 0 bridgehead atoms. The van der Waals surface area contributed by atoms with Gasteiger partial charge in [0.1, 0.15) is 6.04 Å². The molecule has 0 aromatic carbocycles. The van der Waals surface area contributed by atoms with Gasteiger partial charge in [-0.1, -0.05) is 6.07 Å². The van der Waals surface area contributed by atoms with Crippen LogP contribution in [0.15, 0.2) is 24.4 Å². The Morgan fingerprint density at radius 1 is 1.39 bits per heavy atom. The highest BCUT2D eigenvalue weighted by molar-refractivity contribution is 5.03. The fourth-order valence-corrected chi connectivity index (χ4v) is 1.78. The van der Waals surface area contributed by atoms with Gasteiger partial charge in [-0.3, -0.25) is 9.88 Å². The molecule has 0 aliphatic rings.